The number of rotatable bonds is 10. The van der Waals surface area contributed by atoms with Gasteiger partial charge in [0.2, 0.25) is 11.5 Å². The predicted molar refractivity (Wildman–Crippen MR) is 126 cm³/mol. The number of aliphatic hydroxyl groups is 1. The Morgan fingerprint density at radius 1 is 1.48 bits per heavy atom. The van der Waals surface area contributed by atoms with Gasteiger partial charge in [-0.05, 0) is 23.4 Å². The van der Waals surface area contributed by atoms with Crippen molar-refractivity contribution in [3.63, 3.8) is 0 Å². The van der Waals surface area contributed by atoms with Gasteiger partial charge < -0.3 is 19.9 Å². The molecule has 10 nitrogen and oxygen atoms in total. The molecule has 1 aliphatic heterocycles. The number of ether oxygens (including phenoxy) is 2. The summed E-state index contributed by atoms with van der Waals surface area (Å²) in [7, 11) is 0. The summed E-state index contributed by atoms with van der Waals surface area (Å²) in [5.41, 5.74) is -3.52. The van der Waals surface area contributed by atoms with Gasteiger partial charge in [0.25, 0.3) is 5.56 Å². The number of halogens is 2. The molecular formula is C21H29BrClN3O7. The van der Waals surface area contributed by atoms with Gasteiger partial charge in [-0.25, -0.2) is 9.59 Å². The number of alkyl halides is 1. The van der Waals surface area contributed by atoms with Crippen LogP contribution in [0.4, 0.5) is 4.79 Å². The molecule has 0 aromatic carbocycles. The zero-order valence-electron chi connectivity index (χ0n) is 18.7. The maximum absolute atomic E-state index is 13.9. The lowest BCUT2D eigenvalue weighted by molar-refractivity contribution is -0.161. The van der Waals surface area contributed by atoms with Gasteiger partial charge in [-0.15, -0.1) is 11.6 Å². The number of Topliss-reactive ketones (excluding diaryl/α,β-unsaturated/α-hetero) is 1. The predicted octanol–water partition coefficient (Wildman–Crippen LogP) is 2.06. The molecule has 0 spiro atoms. The maximum atomic E-state index is 13.9. The molecule has 1 fully saturated rings. The average Bonchev–Trinajstić information content (AvgIpc) is 3.10. The van der Waals surface area contributed by atoms with Gasteiger partial charge in [0, 0.05) is 12.6 Å². The van der Waals surface area contributed by atoms with Crippen LogP contribution >= 0.6 is 27.5 Å². The van der Waals surface area contributed by atoms with Crippen LogP contribution in [0, 0.1) is 5.92 Å². The number of carbonyl (C=O) groups is 2. The number of carbonyl (C=O) groups excluding carboxylic acids is 2. The summed E-state index contributed by atoms with van der Waals surface area (Å²) in [6.07, 6.45) is 0.865. The zero-order chi connectivity index (χ0) is 24.8. The molecule has 4 atom stereocenters. The average molecular weight is 551 g/mol. The molecule has 2 heterocycles. The maximum Gasteiger partial charge on any atom is 0.407 e. The Morgan fingerprint density at radius 3 is 2.73 bits per heavy atom. The molecule has 12 heteroatoms. The quantitative estimate of drug-likeness (QED) is 0.299. The summed E-state index contributed by atoms with van der Waals surface area (Å²) < 4.78 is 12.0. The standard InChI is InChI=1S/C21H29BrClN3O7/c1-4-5-8-32-20(31)24-16(12(2)3)17(28)21(9-14(27)15(10-23)33-21)26-11-13(6-7-22)18(29)25-19(26)30/h6-7,11-12,14-16,27H,4-5,8-10H2,1-3H3,(H,24,31)(H,25,29,30)/b7-6+/t14-,15+,16-,21-/m0/s1. The van der Waals surface area contributed by atoms with Crippen LogP contribution in [0.15, 0.2) is 20.8 Å². The van der Waals surface area contributed by atoms with E-state index in [9.17, 15) is 24.3 Å². The molecule has 0 unspecified atom stereocenters. The van der Waals surface area contributed by atoms with Gasteiger partial charge in [0.15, 0.2) is 0 Å². The van der Waals surface area contributed by atoms with Gasteiger partial charge in [-0.3, -0.25) is 19.1 Å². The third kappa shape index (κ3) is 6.14. The minimum Gasteiger partial charge on any atom is -0.450 e. The normalized spacial score (nSPS) is 23.7. The van der Waals surface area contributed by atoms with E-state index in [1.807, 2.05) is 6.92 Å². The number of H-pyrrole nitrogens is 1. The lowest BCUT2D eigenvalue weighted by atomic mass is 9.90. The van der Waals surface area contributed by atoms with Crippen molar-refractivity contribution >= 4 is 45.5 Å². The van der Waals surface area contributed by atoms with Crippen LogP contribution in [0.1, 0.15) is 45.6 Å². The van der Waals surface area contributed by atoms with Gasteiger partial charge in [0.05, 0.1) is 30.2 Å². The lowest BCUT2D eigenvalue weighted by Gasteiger charge is -2.34. The first-order chi connectivity index (χ1) is 15.6. The molecule has 1 aromatic rings. The summed E-state index contributed by atoms with van der Waals surface area (Å²) in [6, 6.07) is -1.12. The van der Waals surface area contributed by atoms with E-state index in [1.165, 1.54) is 17.3 Å². The monoisotopic (exact) mass is 549 g/mol. The second-order valence-electron chi connectivity index (χ2n) is 8.09. The minimum atomic E-state index is -2.01. The molecule has 0 aliphatic carbocycles. The molecule has 3 N–H and O–H groups in total. The number of amides is 1. The molecule has 1 aliphatic rings. The van der Waals surface area contributed by atoms with E-state index in [2.05, 4.69) is 26.2 Å². The van der Waals surface area contributed by atoms with Gasteiger partial charge >= 0.3 is 11.8 Å². The number of ketones is 1. The molecule has 0 bridgehead atoms. The van der Waals surface area contributed by atoms with Crippen LogP contribution in [-0.2, 0) is 20.0 Å². The van der Waals surface area contributed by atoms with Crippen LogP contribution in [0.2, 0.25) is 0 Å². The Bertz CT molecular complexity index is 993. The van der Waals surface area contributed by atoms with E-state index in [1.54, 1.807) is 13.8 Å². The second-order valence-corrected chi connectivity index (χ2v) is 8.93. The van der Waals surface area contributed by atoms with Crippen molar-refractivity contribution in [1.82, 2.24) is 14.9 Å². The molecule has 0 saturated carbocycles. The van der Waals surface area contributed by atoms with Gasteiger partial charge in [0.1, 0.15) is 6.10 Å². The number of nitrogens with one attached hydrogen (secondary N) is 2. The number of nitrogens with zero attached hydrogens (tertiary/aromatic N) is 1. The Morgan fingerprint density at radius 2 is 2.18 bits per heavy atom. The first-order valence-corrected chi connectivity index (χ1v) is 12.1. The molecular weight excluding hydrogens is 522 g/mol. The second kappa shape index (κ2) is 12.0. The van der Waals surface area contributed by atoms with E-state index in [0.717, 1.165) is 11.0 Å². The molecule has 1 aromatic heterocycles. The van der Waals surface area contributed by atoms with E-state index in [4.69, 9.17) is 21.1 Å². The van der Waals surface area contributed by atoms with E-state index >= 15 is 0 Å². The summed E-state index contributed by atoms with van der Waals surface area (Å²) in [4.78, 5) is 54.7. The Hall–Kier alpha value is -1.95. The highest BCUT2D eigenvalue weighted by Crippen LogP contribution is 2.37. The molecule has 1 amide bonds. The first-order valence-electron chi connectivity index (χ1n) is 10.6. The zero-order valence-corrected chi connectivity index (χ0v) is 21.0. The van der Waals surface area contributed by atoms with Crippen molar-refractivity contribution < 1.29 is 24.2 Å². The van der Waals surface area contributed by atoms with Gasteiger partial charge in [-0.2, -0.15) is 0 Å². The molecule has 2 rings (SSSR count). The summed E-state index contributed by atoms with van der Waals surface area (Å²) >= 11 is 8.99. The van der Waals surface area contributed by atoms with Crippen molar-refractivity contribution in [3.05, 3.63) is 37.6 Å². The fourth-order valence-electron chi connectivity index (χ4n) is 3.56. The third-order valence-corrected chi connectivity index (χ3v) is 5.92. The van der Waals surface area contributed by atoms with Gasteiger partial charge in [-0.1, -0.05) is 43.1 Å². The number of hydrogen-bond donors (Lipinski definition) is 3. The number of aromatic amines is 1. The van der Waals surface area contributed by atoms with Crippen LogP contribution in [-0.4, -0.2) is 57.3 Å². The third-order valence-electron chi connectivity index (χ3n) is 5.35. The first kappa shape index (κ1) is 27.3. The highest BCUT2D eigenvalue weighted by molar-refractivity contribution is 9.11. The van der Waals surface area contributed by atoms with Crippen molar-refractivity contribution in [2.45, 2.75) is 64.0 Å². The van der Waals surface area contributed by atoms with E-state index in [0.29, 0.717) is 6.42 Å². The lowest BCUT2D eigenvalue weighted by Crippen LogP contribution is -2.58. The Kier molecular flexibility index (Phi) is 9.89. The van der Waals surface area contributed by atoms with Crippen molar-refractivity contribution in [1.29, 1.82) is 0 Å². The van der Waals surface area contributed by atoms with Crippen LogP contribution in [0.3, 0.4) is 0 Å². The topological polar surface area (TPSA) is 140 Å². The number of aromatic nitrogens is 2. The van der Waals surface area contributed by atoms with Crippen molar-refractivity contribution in [2.24, 2.45) is 5.92 Å². The van der Waals surface area contributed by atoms with Crippen LogP contribution in [0.5, 0.6) is 0 Å². The fourth-order valence-corrected chi connectivity index (χ4v) is 4.11. The molecule has 0 radical (unpaired) electrons. The summed E-state index contributed by atoms with van der Waals surface area (Å²) in [6.45, 7) is 5.56. The largest absolute Gasteiger partial charge is 0.450 e. The minimum absolute atomic E-state index is 0.0686. The fraction of sp³-hybridized carbons (Fsp3) is 0.619. The molecule has 33 heavy (non-hydrogen) atoms. The number of alkyl carbamates (subject to hydrolysis) is 1. The Balaban J connectivity index is 2.57. The number of aliphatic hydroxyl groups excluding tert-OH is 1. The number of unbranched alkanes of at least 4 members (excludes halogenated alkanes) is 1. The van der Waals surface area contributed by atoms with Crippen molar-refractivity contribution in [2.75, 3.05) is 12.5 Å². The van der Waals surface area contributed by atoms with E-state index in [-0.39, 0.29) is 24.5 Å². The van der Waals surface area contributed by atoms with E-state index < -0.39 is 53.0 Å². The smallest absolute Gasteiger partial charge is 0.407 e. The Labute approximate surface area is 204 Å². The summed E-state index contributed by atoms with van der Waals surface area (Å²) in [5.74, 6) is -1.23. The van der Waals surface area contributed by atoms with Crippen LogP contribution in [0.25, 0.3) is 6.08 Å². The molecule has 1 saturated heterocycles. The summed E-state index contributed by atoms with van der Waals surface area (Å²) in [5, 5.41) is 13.1. The van der Waals surface area contributed by atoms with Crippen LogP contribution < -0.4 is 16.6 Å². The number of hydrogen-bond acceptors (Lipinski definition) is 7. The molecule has 184 valence electrons. The SMILES string of the molecule is CCCCOC(=O)N[C@H](C(=O)[C@]1(n2cc(/C=C/Br)c(=O)[nH]c2=O)C[C@H](O)[C@@H](CCl)O1)C(C)C. The highest BCUT2D eigenvalue weighted by atomic mass is 79.9. The highest BCUT2D eigenvalue weighted by Gasteiger charge is 2.55. The van der Waals surface area contributed by atoms with Crippen molar-refractivity contribution in [3.8, 4) is 0 Å².